The highest BCUT2D eigenvalue weighted by Crippen LogP contribution is 2.07. The Bertz CT molecular complexity index is 395. The van der Waals surface area contributed by atoms with Gasteiger partial charge in [0.15, 0.2) is 5.78 Å². The number of Topliss-reactive ketones (excluding diaryl/α,β-unsaturated/α-hetero) is 1. The predicted molar refractivity (Wildman–Crippen MR) is 58.6 cm³/mol. The molecule has 4 heteroatoms. The molecule has 0 aliphatic heterocycles. The van der Waals surface area contributed by atoms with Crippen LogP contribution in [0.2, 0.25) is 0 Å². The van der Waals surface area contributed by atoms with Crippen LogP contribution in [0.25, 0.3) is 0 Å². The van der Waals surface area contributed by atoms with Crippen molar-refractivity contribution in [2.75, 3.05) is 5.88 Å². The van der Waals surface area contributed by atoms with Crippen molar-refractivity contribution >= 4 is 17.4 Å². The fraction of sp³-hybridized carbons (Fsp3) is 0.455. The van der Waals surface area contributed by atoms with Crippen LogP contribution in [0.1, 0.15) is 35.4 Å². The van der Waals surface area contributed by atoms with Crippen molar-refractivity contribution in [1.82, 2.24) is 0 Å². The summed E-state index contributed by atoms with van der Waals surface area (Å²) in [5, 5.41) is 0. The molecule has 0 aromatic carbocycles. The summed E-state index contributed by atoms with van der Waals surface area (Å²) < 4.78 is 4.76. The van der Waals surface area contributed by atoms with E-state index in [2.05, 4.69) is 0 Å². The quantitative estimate of drug-likeness (QED) is 0.442. The number of ketones is 1. The van der Waals surface area contributed by atoms with Crippen molar-refractivity contribution in [1.29, 1.82) is 0 Å². The molecule has 0 spiro atoms. The van der Waals surface area contributed by atoms with Gasteiger partial charge in [-0.05, 0) is 25.8 Å². The lowest BCUT2D eigenvalue weighted by atomic mass is 10.1. The van der Waals surface area contributed by atoms with E-state index in [1.54, 1.807) is 13.0 Å². The van der Waals surface area contributed by atoms with Crippen LogP contribution >= 0.6 is 11.6 Å². The molecule has 0 fully saturated rings. The molecular weight excluding hydrogens is 216 g/mol. The Hall–Kier alpha value is -1.09. The standard InChI is InChI=1S/C11H13ClO3/c1-8-6-9(7-11(14)15-8)10(13)4-2-3-5-12/h6-7H,2-5H2,1H3. The summed E-state index contributed by atoms with van der Waals surface area (Å²) in [6.45, 7) is 1.65. The minimum atomic E-state index is -0.476. The maximum Gasteiger partial charge on any atom is 0.336 e. The maximum atomic E-state index is 11.6. The second-order valence-electron chi connectivity index (χ2n) is 3.35. The fourth-order valence-electron chi connectivity index (χ4n) is 1.29. The number of aryl methyl sites for hydroxylation is 1. The average Bonchev–Trinajstić information content (AvgIpc) is 2.16. The second kappa shape index (κ2) is 5.71. The molecule has 0 bridgehead atoms. The van der Waals surface area contributed by atoms with E-state index >= 15 is 0 Å². The van der Waals surface area contributed by atoms with E-state index in [0.717, 1.165) is 12.8 Å². The van der Waals surface area contributed by atoms with Crippen LogP contribution in [0.15, 0.2) is 21.3 Å². The van der Waals surface area contributed by atoms with Gasteiger partial charge in [0.25, 0.3) is 0 Å². The predicted octanol–water partition coefficient (Wildman–Crippen LogP) is 2.54. The number of alkyl halides is 1. The summed E-state index contributed by atoms with van der Waals surface area (Å²) in [5.41, 5.74) is -0.0472. The summed E-state index contributed by atoms with van der Waals surface area (Å²) in [7, 11) is 0. The average molecular weight is 229 g/mol. The van der Waals surface area contributed by atoms with E-state index in [1.165, 1.54) is 6.07 Å². The fourth-order valence-corrected chi connectivity index (χ4v) is 1.48. The van der Waals surface area contributed by atoms with Crippen molar-refractivity contribution in [2.45, 2.75) is 26.2 Å². The van der Waals surface area contributed by atoms with Crippen LogP contribution in [-0.4, -0.2) is 11.7 Å². The van der Waals surface area contributed by atoms with Crippen LogP contribution in [0, 0.1) is 6.92 Å². The molecule has 0 saturated carbocycles. The normalized spacial score (nSPS) is 10.3. The van der Waals surface area contributed by atoms with Gasteiger partial charge in [0.05, 0.1) is 0 Å². The van der Waals surface area contributed by atoms with E-state index in [-0.39, 0.29) is 5.78 Å². The minimum Gasteiger partial charge on any atom is -0.428 e. The van der Waals surface area contributed by atoms with Gasteiger partial charge in [-0.15, -0.1) is 11.6 Å². The van der Waals surface area contributed by atoms with Crippen molar-refractivity contribution < 1.29 is 9.21 Å². The summed E-state index contributed by atoms with van der Waals surface area (Å²) in [6, 6.07) is 2.82. The Morgan fingerprint density at radius 2 is 2.13 bits per heavy atom. The summed E-state index contributed by atoms with van der Waals surface area (Å²) in [4.78, 5) is 22.6. The topological polar surface area (TPSA) is 47.3 Å². The lowest BCUT2D eigenvalue weighted by Gasteiger charge is -2.00. The Morgan fingerprint density at radius 1 is 1.40 bits per heavy atom. The van der Waals surface area contributed by atoms with Crippen molar-refractivity contribution in [3.05, 3.63) is 33.9 Å². The van der Waals surface area contributed by atoms with E-state index in [9.17, 15) is 9.59 Å². The Labute approximate surface area is 93.1 Å². The van der Waals surface area contributed by atoms with Gasteiger partial charge < -0.3 is 4.42 Å². The van der Waals surface area contributed by atoms with Gasteiger partial charge in [-0.1, -0.05) is 0 Å². The third-order valence-corrected chi connectivity index (χ3v) is 2.27. The molecule has 0 N–H and O–H groups in total. The van der Waals surface area contributed by atoms with Gasteiger partial charge in [-0.25, -0.2) is 4.79 Å². The number of rotatable bonds is 5. The number of carbonyl (C=O) groups excluding carboxylic acids is 1. The minimum absolute atomic E-state index is 0.0314. The molecule has 0 aliphatic carbocycles. The molecule has 0 amide bonds. The highest BCUT2D eigenvalue weighted by molar-refractivity contribution is 6.17. The van der Waals surface area contributed by atoms with Crippen LogP contribution in [0.5, 0.6) is 0 Å². The van der Waals surface area contributed by atoms with Gasteiger partial charge >= 0.3 is 5.63 Å². The first-order valence-electron chi connectivity index (χ1n) is 4.84. The molecule has 0 saturated heterocycles. The molecule has 1 heterocycles. The monoisotopic (exact) mass is 228 g/mol. The molecule has 15 heavy (non-hydrogen) atoms. The molecule has 1 aromatic rings. The molecule has 0 unspecified atom stereocenters. The zero-order chi connectivity index (χ0) is 11.3. The Balaban J connectivity index is 2.69. The third kappa shape index (κ3) is 3.88. The highest BCUT2D eigenvalue weighted by Gasteiger charge is 2.07. The van der Waals surface area contributed by atoms with E-state index in [1.807, 2.05) is 0 Å². The zero-order valence-corrected chi connectivity index (χ0v) is 9.34. The lowest BCUT2D eigenvalue weighted by Crippen LogP contribution is -2.06. The summed E-state index contributed by atoms with van der Waals surface area (Å²) in [6.07, 6.45) is 1.99. The molecule has 0 atom stereocenters. The molecule has 0 aliphatic rings. The molecular formula is C11H13ClO3. The van der Waals surface area contributed by atoms with Crippen LogP contribution in [0.3, 0.4) is 0 Å². The van der Waals surface area contributed by atoms with Gasteiger partial charge in [-0.3, -0.25) is 4.79 Å². The van der Waals surface area contributed by atoms with Gasteiger partial charge in [0.1, 0.15) is 5.76 Å². The van der Waals surface area contributed by atoms with Crippen LogP contribution < -0.4 is 5.63 Å². The SMILES string of the molecule is Cc1cc(C(=O)CCCCCl)cc(=O)o1. The smallest absolute Gasteiger partial charge is 0.336 e. The molecule has 1 rings (SSSR count). The van der Waals surface area contributed by atoms with Gasteiger partial charge in [-0.2, -0.15) is 0 Å². The number of halogens is 1. The van der Waals surface area contributed by atoms with Crippen molar-refractivity contribution in [3.8, 4) is 0 Å². The van der Waals surface area contributed by atoms with Gasteiger partial charge in [0, 0.05) is 23.9 Å². The first kappa shape index (κ1) is 12.0. The molecule has 3 nitrogen and oxygen atoms in total. The summed E-state index contributed by atoms with van der Waals surface area (Å²) >= 11 is 5.51. The maximum absolute atomic E-state index is 11.6. The van der Waals surface area contributed by atoms with Crippen LogP contribution in [-0.2, 0) is 0 Å². The molecule has 0 radical (unpaired) electrons. The Morgan fingerprint density at radius 3 is 2.73 bits per heavy atom. The van der Waals surface area contributed by atoms with E-state index in [4.69, 9.17) is 16.0 Å². The molecule has 1 aromatic heterocycles. The second-order valence-corrected chi connectivity index (χ2v) is 3.72. The highest BCUT2D eigenvalue weighted by atomic mass is 35.5. The van der Waals surface area contributed by atoms with E-state index in [0.29, 0.717) is 23.6 Å². The van der Waals surface area contributed by atoms with Crippen molar-refractivity contribution in [2.24, 2.45) is 0 Å². The van der Waals surface area contributed by atoms with Gasteiger partial charge in [0.2, 0.25) is 0 Å². The number of hydrogen-bond donors (Lipinski definition) is 0. The number of unbranched alkanes of at least 4 members (excludes halogenated alkanes) is 1. The van der Waals surface area contributed by atoms with Crippen LogP contribution in [0.4, 0.5) is 0 Å². The van der Waals surface area contributed by atoms with E-state index < -0.39 is 5.63 Å². The first-order chi connectivity index (χ1) is 7.13. The first-order valence-corrected chi connectivity index (χ1v) is 5.38. The lowest BCUT2D eigenvalue weighted by molar-refractivity contribution is 0.0978. The number of carbonyl (C=O) groups is 1. The molecule has 82 valence electrons. The summed E-state index contributed by atoms with van der Waals surface area (Å²) in [5.74, 6) is 0.989. The Kier molecular flexibility index (Phi) is 4.56. The zero-order valence-electron chi connectivity index (χ0n) is 8.59. The third-order valence-electron chi connectivity index (χ3n) is 2.00. The largest absolute Gasteiger partial charge is 0.428 e. The van der Waals surface area contributed by atoms with Crippen molar-refractivity contribution in [3.63, 3.8) is 0 Å². The number of hydrogen-bond acceptors (Lipinski definition) is 3.